The van der Waals surface area contributed by atoms with Crippen LogP contribution >= 0.6 is 0 Å². The molecular formula is C29H28F3N3O3. The van der Waals surface area contributed by atoms with Crippen molar-refractivity contribution >= 4 is 22.6 Å². The Bertz CT molecular complexity index is 1460. The zero-order chi connectivity index (χ0) is 27.5. The Hall–Kier alpha value is -4.14. The molecule has 0 bridgehead atoms. The molecule has 0 radical (unpaired) electrons. The number of aryl methyl sites for hydroxylation is 2. The number of benzene rings is 3. The highest BCUT2D eigenvalue weighted by Crippen LogP contribution is 2.33. The van der Waals surface area contributed by atoms with Crippen molar-refractivity contribution in [3.8, 4) is 17.0 Å². The number of nitrogens with zero attached hydrogens (tertiary/aromatic N) is 2. The van der Waals surface area contributed by atoms with E-state index >= 15 is 0 Å². The van der Waals surface area contributed by atoms with E-state index in [9.17, 15) is 18.0 Å². The van der Waals surface area contributed by atoms with E-state index in [1.165, 1.54) is 6.07 Å². The summed E-state index contributed by atoms with van der Waals surface area (Å²) in [5, 5.41) is 4.44. The highest BCUT2D eigenvalue weighted by molar-refractivity contribution is 6.03. The number of alkyl halides is 3. The van der Waals surface area contributed by atoms with Gasteiger partial charge in [0.05, 0.1) is 24.1 Å². The molecule has 3 aromatic carbocycles. The van der Waals surface area contributed by atoms with E-state index in [1.54, 1.807) is 52.3 Å². The highest BCUT2D eigenvalue weighted by Gasteiger charge is 2.30. The number of amides is 1. The first kappa shape index (κ1) is 26.9. The first-order valence-corrected chi connectivity index (χ1v) is 12.0. The van der Waals surface area contributed by atoms with Gasteiger partial charge in [0.1, 0.15) is 17.2 Å². The average molecular weight is 524 g/mol. The lowest BCUT2D eigenvalue weighted by Crippen LogP contribution is -2.27. The van der Waals surface area contributed by atoms with Crippen molar-refractivity contribution in [3.05, 3.63) is 83.8 Å². The number of fused-ring (bicyclic) bond motifs is 1. The van der Waals surface area contributed by atoms with Crippen molar-refractivity contribution in [1.29, 1.82) is 0 Å². The lowest BCUT2D eigenvalue weighted by Gasteiger charge is -2.20. The number of halogens is 3. The normalized spacial score (nSPS) is 11.9. The van der Waals surface area contributed by atoms with Crippen molar-refractivity contribution in [2.45, 2.75) is 45.4 Å². The highest BCUT2D eigenvalue weighted by atomic mass is 19.4. The maximum Gasteiger partial charge on any atom is 0.416 e. The largest absolute Gasteiger partial charge is 0.497 e. The molecular weight excluding hydrogens is 495 g/mol. The van der Waals surface area contributed by atoms with Gasteiger partial charge in [0.2, 0.25) is 0 Å². The van der Waals surface area contributed by atoms with Gasteiger partial charge in [-0.05, 0) is 74.5 Å². The molecule has 0 saturated carbocycles. The minimum atomic E-state index is -4.39. The fourth-order valence-electron chi connectivity index (χ4n) is 3.97. The fourth-order valence-corrected chi connectivity index (χ4v) is 3.97. The Morgan fingerprint density at radius 2 is 1.76 bits per heavy atom. The van der Waals surface area contributed by atoms with Gasteiger partial charge >= 0.3 is 12.3 Å². The first-order chi connectivity index (χ1) is 17.9. The summed E-state index contributed by atoms with van der Waals surface area (Å²) < 4.78 is 49.9. The van der Waals surface area contributed by atoms with Crippen LogP contribution in [0.3, 0.4) is 0 Å². The van der Waals surface area contributed by atoms with Gasteiger partial charge in [-0.25, -0.2) is 14.8 Å². The van der Waals surface area contributed by atoms with Crippen molar-refractivity contribution < 1.29 is 27.4 Å². The van der Waals surface area contributed by atoms with Gasteiger partial charge in [0.15, 0.2) is 0 Å². The smallest absolute Gasteiger partial charge is 0.416 e. The van der Waals surface area contributed by atoms with Crippen LogP contribution < -0.4 is 10.1 Å². The summed E-state index contributed by atoms with van der Waals surface area (Å²) in [6, 6.07) is 16.3. The predicted octanol–water partition coefficient (Wildman–Crippen LogP) is 7.46. The van der Waals surface area contributed by atoms with Crippen LogP contribution in [0.2, 0.25) is 0 Å². The molecule has 0 atom stereocenters. The molecule has 0 aliphatic carbocycles. The Balaban J connectivity index is 1.64. The zero-order valence-corrected chi connectivity index (χ0v) is 21.5. The molecule has 0 fully saturated rings. The summed E-state index contributed by atoms with van der Waals surface area (Å²) in [6.07, 6.45) is -2.65. The van der Waals surface area contributed by atoms with E-state index in [0.717, 1.165) is 28.5 Å². The van der Waals surface area contributed by atoms with Crippen molar-refractivity contribution in [2.75, 3.05) is 12.4 Å². The van der Waals surface area contributed by atoms with Gasteiger partial charge in [0, 0.05) is 23.6 Å². The molecule has 1 amide bonds. The van der Waals surface area contributed by atoms with Gasteiger partial charge in [-0.1, -0.05) is 24.3 Å². The number of methoxy groups -OCH3 is 1. The van der Waals surface area contributed by atoms with E-state index in [4.69, 9.17) is 9.47 Å². The second-order valence-corrected chi connectivity index (χ2v) is 9.79. The maximum absolute atomic E-state index is 13.1. The fraction of sp³-hybridized carbons (Fsp3) is 0.276. The third kappa shape index (κ3) is 6.79. The lowest BCUT2D eigenvalue weighted by molar-refractivity contribution is -0.137. The molecule has 0 aliphatic heterocycles. The molecule has 0 saturated heterocycles. The standard InChI is InChI=1S/C29H28F3N3O3/c1-28(2,3)38-27(36)35-25-16-20(15-19-9-10-22(37-4)17-23(19)25)24-12-13-33-26(34-24)11-8-18-6-5-7-21(14-18)29(30,31)32/h5-7,9-10,12-17H,8,11H2,1-4H3,(H,35,36). The average Bonchev–Trinajstić information content (AvgIpc) is 2.86. The summed E-state index contributed by atoms with van der Waals surface area (Å²) >= 11 is 0. The molecule has 38 heavy (non-hydrogen) atoms. The van der Waals surface area contributed by atoms with Crippen LogP contribution in [0, 0.1) is 0 Å². The number of aromatic nitrogens is 2. The third-order valence-electron chi connectivity index (χ3n) is 5.69. The van der Waals surface area contributed by atoms with E-state index in [1.807, 2.05) is 24.3 Å². The molecule has 198 valence electrons. The molecule has 0 spiro atoms. The molecule has 0 aliphatic rings. The molecule has 4 rings (SSSR count). The van der Waals surface area contributed by atoms with E-state index in [2.05, 4.69) is 15.3 Å². The number of hydrogen-bond donors (Lipinski definition) is 1. The molecule has 6 nitrogen and oxygen atoms in total. The minimum Gasteiger partial charge on any atom is -0.497 e. The van der Waals surface area contributed by atoms with Crippen LogP contribution in [0.5, 0.6) is 5.75 Å². The van der Waals surface area contributed by atoms with Crippen LogP contribution in [-0.4, -0.2) is 28.8 Å². The molecule has 1 N–H and O–H groups in total. The second kappa shape index (κ2) is 10.7. The Morgan fingerprint density at radius 1 is 0.974 bits per heavy atom. The third-order valence-corrected chi connectivity index (χ3v) is 5.69. The Morgan fingerprint density at radius 3 is 2.47 bits per heavy atom. The summed E-state index contributed by atoms with van der Waals surface area (Å²) in [7, 11) is 1.57. The molecule has 4 aromatic rings. The maximum atomic E-state index is 13.1. The molecule has 1 heterocycles. The molecule has 1 aromatic heterocycles. The van der Waals surface area contributed by atoms with Gasteiger partial charge in [-0.2, -0.15) is 13.2 Å². The predicted molar refractivity (Wildman–Crippen MR) is 140 cm³/mol. The molecule has 9 heteroatoms. The first-order valence-electron chi connectivity index (χ1n) is 12.0. The molecule has 0 unspecified atom stereocenters. The second-order valence-electron chi connectivity index (χ2n) is 9.79. The number of hydrogen-bond acceptors (Lipinski definition) is 5. The van der Waals surface area contributed by atoms with Crippen LogP contribution in [-0.2, 0) is 23.8 Å². The summed E-state index contributed by atoms with van der Waals surface area (Å²) in [5.74, 6) is 1.13. The lowest BCUT2D eigenvalue weighted by atomic mass is 10.0. The monoisotopic (exact) mass is 523 g/mol. The number of ether oxygens (including phenoxy) is 2. The number of rotatable bonds is 6. The Kier molecular flexibility index (Phi) is 7.57. The van der Waals surface area contributed by atoms with Gasteiger partial charge in [-0.15, -0.1) is 0 Å². The summed E-state index contributed by atoms with van der Waals surface area (Å²) in [4.78, 5) is 21.5. The van der Waals surface area contributed by atoms with Gasteiger partial charge < -0.3 is 9.47 Å². The topological polar surface area (TPSA) is 73.3 Å². The minimum absolute atomic E-state index is 0.357. The number of carbonyl (C=O) groups excluding carboxylic acids is 1. The van der Waals surface area contributed by atoms with E-state index < -0.39 is 23.4 Å². The zero-order valence-electron chi connectivity index (χ0n) is 21.5. The number of anilines is 1. The van der Waals surface area contributed by atoms with Crippen molar-refractivity contribution in [1.82, 2.24) is 9.97 Å². The van der Waals surface area contributed by atoms with Crippen molar-refractivity contribution in [2.24, 2.45) is 0 Å². The van der Waals surface area contributed by atoms with Gasteiger partial charge in [0.25, 0.3) is 0 Å². The number of carbonyl (C=O) groups is 1. The van der Waals surface area contributed by atoms with E-state index in [-0.39, 0.29) is 0 Å². The van der Waals surface area contributed by atoms with Crippen LogP contribution in [0.15, 0.2) is 66.9 Å². The quantitative estimate of drug-likeness (QED) is 0.284. The summed E-state index contributed by atoms with van der Waals surface area (Å²) in [6.45, 7) is 5.35. The summed E-state index contributed by atoms with van der Waals surface area (Å²) in [5.41, 5.74) is 1.08. The van der Waals surface area contributed by atoms with Gasteiger partial charge in [-0.3, -0.25) is 5.32 Å². The SMILES string of the molecule is COc1ccc2cc(-c3ccnc(CCc4cccc(C(F)(F)F)c4)n3)cc(NC(=O)OC(C)(C)C)c2c1. The van der Waals surface area contributed by atoms with Crippen molar-refractivity contribution in [3.63, 3.8) is 0 Å². The Labute approximate surface area is 218 Å². The van der Waals surface area contributed by atoms with E-state index in [0.29, 0.717) is 41.4 Å². The van der Waals surface area contributed by atoms with Crippen LogP contribution in [0.4, 0.5) is 23.7 Å². The van der Waals surface area contributed by atoms with Crippen LogP contribution in [0.1, 0.15) is 37.7 Å². The number of nitrogens with one attached hydrogen (secondary N) is 1. The van der Waals surface area contributed by atoms with Crippen LogP contribution in [0.25, 0.3) is 22.0 Å².